The Morgan fingerprint density at radius 2 is 1.97 bits per heavy atom. The minimum absolute atomic E-state index is 0.0548. The van der Waals surface area contributed by atoms with Gasteiger partial charge in [0.15, 0.2) is 0 Å². The second-order valence-corrected chi connectivity index (χ2v) is 7.33. The first-order valence-electron chi connectivity index (χ1n) is 10.1. The third-order valence-electron chi connectivity index (χ3n) is 5.47. The first-order valence-corrected chi connectivity index (χ1v) is 10.1. The monoisotopic (exact) mass is 411 g/mol. The van der Waals surface area contributed by atoms with E-state index in [4.69, 9.17) is 9.47 Å². The smallest absolute Gasteiger partial charge is 0.317 e. The summed E-state index contributed by atoms with van der Waals surface area (Å²) in [4.78, 5) is 26.6. The van der Waals surface area contributed by atoms with E-state index in [0.717, 1.165) is 30.5 Å². The fourth-order valence-electron chi connectivity index (χ4n) is 3.82. The van der Waals surface area contributed by atoms with Crippen LogP contribution in [-0.4, -0.2) is 51.2 Å². The largest absolute Gasteiger partial charge is 0.497 e. The zero-order valence-electron chi connectivity index (χ0n) is 17.7. The molecule has 0 bridgehead atoms. The number of benzene rings is 2. The number of ether oxygens (including phenoxy) is 2. The molecule has 1 atom stereocenters. The molecule has 1 aliphatic heterocycles. The number of carbonyl (C=O) groups is 2. The van der Waals surface area contributed by atoms with Crippen LogP contribution < -0.4 is 20.1 Å². The van der Waals surface area contributed by atoms with Crippen molar-refractivity contribution >= 4 is 11.9 Å². The topological polar surface area (TPSA) is 79.9 Å². The number of nitrogens with one attached hydrogen (secondary N) is 2. The zero-order valence-corrected chi connectivity index (χ0v) is 17.7. The van der Waals surface area contributed by atoms with Crippen LogP contribution >= 0.6 is 0 Å². The van der Waals surface area contributed by atoms with Crippen molar-refractivity contribution in [2.24, 2.45) is 0 Å². The van der Waals surface area contributed by atoms with Crippen LogP contribution in [0.4, 0.5) is 4.79 Å². The zero-order chi connectivity index (χ0) is 21.5. The second-order valence-electron chi connectivity index (χ2n) is 7.33. The van der Waals surface area contributed by atoms with Crippen LogP contribution in [0.15, 0.2) is 42.5 Å². The SMILES string of the molecule is CNC(=O)N1CCC[C@@H](c2cccc(C(=O)NCc3cc(OC)ccc3OC)c2)C1. The molecule has 0 saturated carbocycles. The van der Waals surface area contributed by atoms with Crippen molar-refractivity contribution in [3.05, 3.63) is 59.2 Å². The molecule has 1 fully saturated rings. The van der Waals surface area contributed by atoms with Crippen molar-refractivity contribution in [2.45, 2.75) is 25.3 Å². The molecule has 2 aromatic rings. The molecule has 30 heavy (non-hydrogen) atoms. The van der Waals surface area contributed by atoms with Gasteiger partial charge in [0.1, 0.15) is 11.5 Å². The standard InChI is InChI=1S/C23H29N3O4/c1-24-23(28)26-11-5-8-18(15-26)16-6-4-7-17(12-16)22(27)25-14-19-13-20(29-2)9-10-21(19)30-3/h4,6-7,9-10,12-13,18H,5,8,11,14-15H2,1-3H3,(H,24,28)(H,25,27)/t18-/m1/s1. The summed E-state index contributed by atoms with van der Waals surface area (Å²) in [6.07, 6.45) is 1.95. The van der Waals surface area contributed by atoms with Crippen LogP contribution in [0.1, 0.15) is 40.2 Å². The lowest BCUT2D eigenvalue weighted by molar-refractivity contribution is 0.0950. The predicted octanol–water partition coefficient (Wildman–Crippen LogP) is 3.15. The molecule has 3 rings (SSSR count). The van der Waals surface area contributed by atoms with Gasteiger partial charge in [0.2, 0.25) is 0 Å². The molecule has 0 spiro atoms. The molecule has 3 amide bonds. The average molecular weight is 412 g/mol. The highest BCUT2D eigenvalue weighted by Gasteiger charge is 2.24. The van der Waals surface area contributed by atoms with Gasteiger partial charge >= 0.3 is 6.03 Å². The van der Waals surface area contributed by atoms with E-state index in [9.17, 15) is 9.59 Å². The van der Waals surface area contributed by atoms with Crippen molar-refractivity contribution in [1.82, 2.24) is 15.5 Å². The van der Waals surface area contributed by atoms with Gasteiger partial charge in [-0.15, -0.1) is 0 Å². The summed E-state index contributed by atoms with van der Waals surface area (Å²) in [6, 6.07) is 13.1. The van der Waals surface area contributed by atoms with E-state index in [1.54, 1.807) is 27.3 Å². The number of piperidine rings is 1. The molecular weight excluding hydrogens is 382 g/mol. The fourth-order valence-corrected chi connectivity index (χ4v) is 3.82. The number of carbonyl (C=O) groups excluding carboxylic acids is 2. The second kappa shape index (κ2) is 10.0. The molecule has 0 radical (unpaired) electrons. The Labute approximate surface area is 177 Å². The third kappa shape index (κ3) is 5.03. The molecule has 160 valence electrons. The maximum absolute atomic E-state index is 12.8. The van der Waals surface area contributed by atoms with Gasteiger partial charge in [0, 0.05) is 43.7 Å². The maximum Gasteiger partial charge on any atom is 0.317 e. The highest BCUT2D eigenvalue weighted by atomic mass is 16.5. The van der Waals surface area contributed by atoms with Crippen molar-refractivity contribution in [3.8, 4) is 11.5 Å². The summed E-state index contributed by atoms with van der Waals surface area (Å²) in [5.74, 6) is 1.48. The highest BCUT2D eigenvalue weighted by Crippen LogP contribution is 2.28. The molecule has 7 heteroatoms. The number of methoxy groups -OCH3 is 2. The normalized spacial score (nSPS) is 16.0. The first kappa shape index (κ1) is 21.5. The van der Waals surface area contributed by atoms with Gasteiger partial charge in [-0.05, 0) is 48.7 Å². The molecular formula is C23H29N3O4. The molecule has 0 aromatic heterocycles. The quantitative estimate of drug-likeness (QED) is 0.765. The van der Waals surface area contributed by atoms with Gasteiger partial charge in [-0.1, -0.05) is 12.1 Å². The van der Waals surface area contributed by atoms with E-state index in [-0.39, 0.29) is 17.9 Å². The molecule has 0 unspecified atom stereocenters. The number of likely N-dealkylation sites (tertiary alicyclic amines) is 1. The van der Waals surface area contributed by atoms with E-state index in [1.165, 1.54) is 0 Å². The summed E-state index contributed by atoms with van der Waals surface area (Å²) in [5, 5.41) is 5.65. The molecule has 1 saturated heterocycles. The minimum atomic E-state index is -0.152. The highest BCUT2D eigenvalue weighted by molar-refractivity contribution is 5.94. The summed E-state index contributed by atoms with van der Waals surface area (Å²) < 4.78 is 10.6. The Balaban J connectivity index is 1.69. The first-order chi connectivity index (χ1) is 14.5. The van der Waals surface area contributed by atoms with E-state index in [2.05, 4.69) is 10.6 Å². The van der Waals surface area contributed by atoms with Crippen molar-refractivity contribution in [1.29, 1.82) is 0 Å². The van der Waals surface area contributed by atoms with Crippen LogP contribution in [-0.2, 0) is 6.54 Å². The van der Waals surface area contributed by atoms with Crippen LogP contribution in [0.5, 0.6) is 11.5 Å². The number of amides is 3. The Kier molecular flexibility index (Phi) is 7.17. The maximum atomic E-state index is 12.8. The van der Waals surface area contributed by atoms with Gasteiger partial charge in [-0.25, -0.2) is 4.79 Å². The number of urea groups is 1. The van der Waals surface area contributed by atoms with Crippen LogP contribution in [0, 0.1) is 0 Å². The van der Waals surface area contributed by atoms with Gasteiger partial charge in [0.05, 0.1) is 14.2 Å². The molecule has 1 heterocycles. The van der Waals surface area contributed by atoms with Crippen LogP contribution in [0.3, 0.4) is 0 Å². The minimum Gasteiger partial charge on any atom is -0.497 e. The predicted molar refractivity (Wildman–Crippen MR) is 115 cm³/mol. The Morgan fingerprint density at radius 1 is 1.13 bits per heavy atom. The van der Waals surface area contributed by atoms with Gasteiger partial charge < -0.3 is 25.0 Å². The molecule has 0 aliphatic carbocycles. The number of hydrogen-bond acceptors (Lipinski definition) is 4. The van der Waals surface area contributed by atoms with Crippen LogP contribution in [0.25, 0.3) is 0 Å². The van der Waals surface area contributed by atoms with Crippen molar-refractivity contribution < 1.29 is 19.1 Å². The number of hydrogen-bond donors (Lipinski definition) is 2. The van der Waals surface area contributed by atoms with Crippen molar-refractivity contribution in [3.63, 3.8) is 0 Å². The van der Waals surface area contributed by atoms with E-state index >= 15 is 0 Å². The summed E-state index contributed by atoms with van der Waals surface area (Å²) >= 11 is 0. The Hall–Kier alpha value is -3.22. The number of nitrogens with zero attached hydrogens (tertiary/aromatic N) is 1. The van der Waals surface area contributed by atoms with Crippen LogP contribution in [0.2, 0.25) is 0 Å². The van der Waals surface area contributed by atoms with E-state index in [0.29, 0.717) is 30.2 Å². The lowest BCUT2D eigenvalue weighted by atomic mass is 9.89. The lowest BCUT2D eigenvalue weighted by Crippen LogP contribution is -2.43. The third-order valence-corrected chi connectivity index (χ3v) is 5.47. The molecule has 1 aliphatic rings. The Morgan fingerprint density at radius 3 is 2.70 bits per heavy atom. The van der Waals surface area contributed by atoms with Gasteiger partial charge in [-0.2, -0.15) is 0 Å². The average Bonchev–Trinajstić information content (AvgIpc) is 2.81. The summed E-state index contributed by atoms with van der Waals surface area (Å²) in [7, 11) is 4.85. The van der Waals surface area contributed by atoms with E-state index in [1.807, 2.05) is 41.3 Å². The number of rotatable bonds is 6. The summed E-state index contributed by atoms with van der Waals surface area (Å²) in [6.45, 7) is 1.75. The van der Waals surface area contributed by atoms with Gasteiger partial charge in [0.25, 0.3) is 5.91 Å². The fraction of sp³-hybridized carbons (Fsp3) is 0.391. The summed E-state index contributed by atoms with van der Waals surface area (Å²) in [5.41, 5.74) is 2.52. The molecule has 7 nitrogen and oxygen atoms in total. The molecule has 2 aromatic carbocycles. The Bertz CT molecular complexity index is 900. The molecule has 2 N–H and O–H groups in total. The van der Waals surface area contributed by atoms with E-state index < -0.39 is 0 Å². The lowest BCUT2D eigenvalue weighted by Gasteiger charge is -2.32. The van der Waals surface area contributed by atoms with Gasteiger partial charge in [-0.3, -0.25) is 4.79 Å². The van der Waals surface area contributed by atoms with Crippen molar-refractivity contribution in [2.75, 3.05) is 34.4 Å².